The standard InChI is InChI=1S/C29H33F4N3O4S/c1-29(2,3)40-28(39)36-12-10-35(11-13-36)27(38)17-4-7-20(8-5-17)41-24-14-18(6-9-21(24)30)26(37)34-19-15-22(31)25(33)23(32)16-19/h6,9,14-17,20H,4-5,7-8,10-13H2,1-3H3,(H,34,37). The van der Waals surface area contributed by atoms with Crippen molar-refractivity contribution < 1.29 is 36.7 Å². The highest BCUT2D eigenvalue weighted by molar-refractivity contribution is 8.00. The van der Waals surface area contributed by atoms with E-state index >= 15 is 0 Å². The number of ether oxygens (including phenoxy) is 1. The molecule has 1 aliphatic heterocycles. The quantitative estimate of drug-likeness (QED) is 0.328. The molecular formula is C29H33F4N3O4S. The first kappa shape index (κ1) is 30.7. The molecule has 0 radical (unpaired) electrons. The van der Waals surface area contributed by atoms with Crippen LogP contribution in [0.15, 0.2) is 35.2 Å². The molecular weight excluding hydrogens is 562 g/mol. The van der Waals surface area contributed by atoms with Crippen molar-refractivity contribution in [1.82, 2.24) is 9.80 Å². The molecule has 2 fully saturated rings. The number of hydrogen-bond acceptors (Lipinski definition) is 5. The summed E-state index contributed by atoms with van der Waals surface area (Å²) < 4.78 is 60.2. The Labute approximate surface area is 240 Å². The van der Waals surface area contributed by atoms with Crippen LogP contribution >= 0.6 is 11.8 Å². The van der Waals surface area contributed by atoms with Crippen LogP contribution in [0.4, 0.5) is 28.0 Å². The van der Waals surface area contributed by atoms with Crippen LogP contribution in [0.3, 0.4) is 0 Å². The zero-order chi connectivity index (χ0) is 29.9. The van der Waals surface area contributed by atoms with E-state index in [-0.39, 0.29) is 39.3 Å². The molecule has 222 valence electrons. The van der Waals surface area contributed by atoms with Gasteiger partial charge in [0.25, 0.3) is 5.91 Å². The fraction of sp³-hybridized carbons (Fsp3) is 0.483. The molecule has 1 saturated heterocycles. The molecule has 2 aliphatic rings. The van der Waals surface area contributed by atoms with Crippen molar-refractivity contribution in [1.29, 1.82) is 0 Å². The molecule has 2 aromatic carbocycles. The second kappa shape index (κ2) is 12.7. The van der Waals surface area contributed by atoms with Gasteiger partial charge in [-0.2, -0.15) is 0 Å². The van der Waals surface area contributed by atoms with Crippen molar-refractivity contribution in [3.05, 3.63) is 59.2 Å². The first-order valence-electron chi connectivity index (χ1n) is 13.5. The molecule has 0 aromatic heterocycles. The van der Waals surface area contributed by atoms with Gasteiger partial charge in [-0.25, -0.2) is 22.4 Å². The Balaban J connectivity index is 1.28. The Morgan fingerprint density at radius 3 is 2.02 bits per heavy atom. The summed E-state index contributed by atoms with van der Waals surface area (Å²) in [5.74, 6) is -5.82. The summed E-state index contributed by atoms with van der Waals surface area (Å²) in [7, 11) is 0. The van der Waals surface area contributed by atoms with Gasteiger partial charge in [-0.1, -0.05) is 0 Å². The summed E-state index contributed by atoms with van der Waals surface area (Å²) in [6.45, 7) is 7.16. The number of carbonyl (C=O) groups is 3. The summed E-state index contributed by atoms with van der Waals surface area (Å²) in [6, 6.07) is 5.09. The van der Waals surface area contributed by atoms with Gasteiger partial charge in [0.2, 0.25) is 5.91 Å². The van der Waals surface area contributed by atoms with Gasteiger partial charge >= 0.3 is 6.09 Å². The van der Waals surface area contributed by atoms with Crippen molar-refractivity contribution in [2.75, 3.05) is 31.5 Å². The van der Waals surface area contributed by atoms with E-state index < -0.39 is 34.8 Å². The highest BCUT2D eigenvalue weighted by Gasteiger charge is 2.33. The molecule has 0 unspecified atom stereocenters. The van der Waals surface area contributed by atoms with E-state index in [0.29, 0.717) is 64.0 Å². The molecule has 4 rings (SSSR count). The van der Waals surface area contributed by atoms with Crippen LogP contribution in [0.1, 0.15) is 56.8 Å². The van der Waals surface area contributed by atoms with Gasteiger partial charge in [-0.05, 0) is 64.7 Å². The fourth-order valence-electron chi connectivity index (χ4n) is 4.87. The lowest BCUT2D eigenvalue weighted by molar-refractivity contribution is -0.138. The minimum Gasteiger partial charge on any atom is -0.444 e. The molecule has 2 aromatic rings. The molecule has 1 aliphatic carbocycles. The van der Waals surface area contributed by atoms with Crippen LogP contribution < -0.4 is 5.32 Å². The lowest BCUT2D eigenvalue weighted by Gasteiger charge is -2.38. The summed E-state index contributed by atoms with van der Waals surface area (Å²) >= 11 is 1.29. The number of amides is 3. The molecule has 1 saturated carbocycles. The maximum absolute atomic E-state index is 14.6. The van der Waals surface area contributed by atoms with Gasteiger partial charge < -0.3 is 19.9 Å². The topological polar surface area (TPSA) is 79.0 Å². The number of thioether (sulfide) groups is 1. The first-order chi connectivity index (χ1) is 19.3. The summed E-state index contributed by atoms with van der Waals surface area (Å²) in [6.07, 6.45) is 2.28. The third-order valence-corrected chi connectivity index (χ3v) is 8.37. The van der Waals surface area contributed by atoms with Crippen LogP contribution in [0.5, 0.6) is 0 Å². The number of hydrogen-bond donors (Lipinski definition) is 1. The van der Waals surface area contributed by atoms with Gasteiger partial charge in [0, 0.05) is 65.6 Å². The largest absolute Gasteiger partial charge is 0.444 e. The van der Waals surface area contributed by atoms with Gasteiger partial charge in [0.1, 0.15) is 11.4 Å². The predicted octanol–water partition coefficient (Wildman–Crippen LogP) is 6.23. The van der Waals surface area contributed by atoms with Crippen LogP contribution in [-0.4, -0.2) is 64.7 Å². The van der Waals surface area contributed by atoms with Crippen molar-refractivity contribution in [2.45, 2.75) is 62.2 Å². The Morgan fingerprint density at radius 2 is 1.44 bits per heavy atom. The second-order valence-corrected chi connectivity index (χ2v) is 12.6. The van der Waals surface area contributed by atoms with Crippen LogP contribution in [0.25, 0.3) is 0 Å². The molecule has 0 atom stereocenters. The molecule has 0 bridgehead atoms. The number of piperazine rings is 1. The second-order valence-electron chi connectivity index (χ2n) is 11.2. The number of benzene rings is 2. The highest BCUT2D eigenvalue weighted by Crippen LogP contribution is 2.38. The van der Waals surface area contributed by atoms with Gasteiger partial charge in [0.15, 0.2) is 17.5 Å². The number of nitrogens with zero attached hydrogens (tertiary/aromatic N) is 2. The van der Waals surface area contributed by atoms with Crippen LogP contribution in [-0.2, 0) is 9.53 Å². The van der Waals surface area contributed by atoms with Gasteiger partial charge in [0.05, 0.1) is 0 Å². The average Bonchev–Trinajstić information content (AvgIpc) is 2.92. The lowest BCUT2D eigenvalue weighted by atomic mass is 9.87. The van der Waals surface area contributed by atoms with Gasteiger partial charge in [-0.3, -0.25) is 9.59 Å². The Kier molecular flexibility index (Phi) is 9.51. The average molecular weight is 596 g/mol. The SMILES string of the molecule is CC(C)(C)OC(=O)N1CCN(C(=O)C2CCC(Sc3cc(C(=O)Nc4cc(F)c(F)c(F)c4)ccc3F)CC2)CC1. The molecule has 1 heterocycles. The summed E-state index contributed by atoms with van der Waals surface area (Å²) in [5, 5.41) is 2.34. The van der Waals surface area contributed by atoms with E-state index in [1.165, 1.54) is 23.9 Å². The number of rotatable bonds is 5. The van der Waals surface area contributed by atoms with E-state index in [9.17, 15) is 31.9 Å². The van der Waals surface area contributed by atoms with Crippen molar-refractivity contribution in [3.8, 4) is 0 Å². The number of nitrogens with one attached hydrogen (secondary N) is 1. The van der Waals surface area contributed by atoms with Gasteiger partial charge in [-0.15, -0.1) is 11.8 Å². The van der Waals surface area contributed by atoms with E-state index in [4.69, 9.17) is 4.74 Å². The maximum Gasteiger partial charge on any atom is 0.410 e. The first-order valence-corrected chi connectivity index (χ1v) is 14.4. The summed E-state index contributed by atoms with van der Waals surface area (Å²) in [4.78, 5) is 41.7. The van der Waals surface area contributed by atoms with Crippen molar-refractivity contribution >= 4 is 35.4 Å². The summed E-state index contributed by atoms with van der Waals surface area (Å²) in [5.41, 5.74) is -0.768. The van der Waals surface area contributed by atoms with Crippen LogP contribution in [0, 0.1) is 29.2 Å². The molecule has 3 amide bonds. The minimum absolute atomic E-state index is 0.0381. The number of halogens is 4. The smallest absolute Gasteiger partial charge is 0.410 e. The molecule has 0 spiro atoms. The van der Waals surface area contributed by atoms with E-state index in [1.54, 1.807) is 9.80 Å². The minimum atomic E-state index is -1.64. The molecule has 12 heteroatoms. The third kappa shape index (κ3) is 7.93. The Morgan fingerprint density at radius 1 is 0.854 bits per heavy atom. The highest BCUT2D eigenvalue weighted by atomic mass is 32.2. The predicted molar refractivity (Wildman–Crippen MR) is 147 cm³/mol. The third-order valence-electron chi connectivity index (χ3n) is 7.00. The normalized spacial score (nSPS) is 19.6. The zero-order valence-electron chi connectivity index (χ0n) is 23.1. The lowest BCUT2D eigenvalue weighted by Crippen LogP contribution is -2.53. The van der Waals surface area contributed by atoms with E-state index in [0.717, 1.165) is 6.07 Å². The number of anilines is 1. The Bertz CT molecular complexity index is 1280. The van der Waals surface area contributed by atoms with E-state index in [2.05, 4.69) is 5.32 Å². The number of carbonyl (C=O) groups excluding carboxylic acids is 3. The maximum atomic E-state index is 14.6. The zero-order valence-corrected chi connectivity index (χ0v) is 24.0. The monoisotopic (exact) mass is 595 g/mol. The molecule has 1 N–H and O–H groups in total. The van der Waals surface area contributed by atoms with Crippen LogP contribution in [0.2, 0.25) is 0 Å². The molecule has 41 heavy (non-hydrogen) atoms. The van der Waals surface area contributed by atoms with Crippen molar-refractivity contribution in [2.24, 2.45) is 5.92 Å². The fourth-order valence-corrected chi connectivity index (χ4v) is 6.11. The molecule has 7 nitrogen and oxygen atoms in total. The Hall–Kier alpha value is -3.28. The van der Waals surface area contributed by atoms with E-state index in [1.807, 2.05) is 20.8 Å². The van der Waals surface area contributed by atoms with Crippen molar-refractivity contribution in [3.63, 3.8) is 0 Å².